The van der Waals surface area contributed by atoms with Crippen LogP contribution in [-0.2, 0) is 6.42 Å². The number of benzene rings is 1. The Hall–Kier alpha value is -0.690. The molecule has 0 atom stereocenters. The van der Waals surface area contributed by atoms with Crippen LogP contribution >= 0.6 is 11.6 Å². The molecule has 0 aliphatic rings. The molecule has 0 spiro atoms. The number of halogens is 1. The Bertz CT molecular complexity index is 256. The van der Waals surface area contributed by atoms with E-state index in [2.05, 4.69) is 6.92 Å². The lowest BCUT2D eigenvalue weighted by Crippen LogP contribution is -1.90. The SMILES string of the molecule is CCc1cc(OC)c(C)cc1Cl. The molecule has 0 fully saturated rings. The van der Waals surface area contributed by atoms with E-state index in [4.69, 9.17) is 16.3 Å². The summed E-state index contributed by atoms with van der Waals surface area (Å²) in [7, 11) is 1.68. The molecule has 0 amide bonds. The van der Waals surface area contributed by atoms with E-state index in [9.17, 15) is 0 Å². The second-order valence-corrected chi connectivity index (χ2v) is 3.17. The maximum absolute atomic E-state index is 6.00. The van der Waals surface area contributed by atoms with Crippen molar-refractivity contribution in [3.05, 3.63) is 28.3 Å². The monoisotopic (exact) mass is 184 g/mol. The number of methoxy groups -OCH3 is 1. The number of hydrogen-bond acceptors (Lipinski definition) is 1. The molecule has 0 saturated heterocycles. The third-order valence-corrected chi connectivity index (χ3v) is 2.30. The molecular weight excluding hydrogens is 172 g/mol. The van der Waals surface area contributed by atoms with Crippen LogP contribution in [0.15, 0.2) is 12.1 Å². The maximum atomic E-state index is 6.00. The molecule has 66 valence electrons. The van der Waals surface area contributed by atoms with Gasteiger partial charge in [-0.15, -0.1) is 0 Å². The fourth-order valence-corrected chi connectivity index (χ4v) is 1.54. The van der Waals surface area contributed by atoms with Crippen molar-refractivity contribution < 1.29 is 4.74 Å². The largest absolute Gasteiger partial charge is 0.496 e. The van der Waals surface area contributed by atoms with Gasteiger partial charge in [-0.1, -0.05) is 18.5 Å². The Labute approximate surface area is 78.3 Å². The van der Waals surface area contributed by atoms with Gasteiger partial charge < -0.3 is 4.74 Å². The highest BCUT2D eigenvalue weighted by Gasteiger charge is 2.03. The van der Waals surface area contributed by atoms with Crippen LogP contribution in [0.1, 0.15) is 18.1 Å². The number of hydrogen-bond donors (Lipinski definition) is 0. The second-order valence-electron chi connectivity index (χ2n) is 2.77. The molecule has 1 nitrogen and oxygen atoms in total. The molecule has 0 N–H and O–H groups in total. The van der Waals surface area contributed by atoms with Crippen LogP contribution in [0.2, 0.25) is 5.02 Å². The molecule has 0 radical (unpaired) electrons. The van der Waals surface area contributed by atoms with Gasteiger partial charge in [-0.25, -0.2) is 0 Å². The summed E-state index contributed by atoms with van der Waals surface area (Å²) in [5.74, 6) is 0.913. The highest BCUT2D eigenvalue weighted by Crippen LogP contribution is 2.26. The molecule has 0 unspecified atom stereocenters. The zero-order chi connectivity index (χ0) is 9.14. The summed E-state index contributed by atoms with van der Waals surface area (Å²) in [6, 6.07) is 3.94. The van der Waals surface area contributed by atoms with E-state index in [1.54, 1.807) is 7.11 Å². The van der Waals surface area contributed by atoms with Crippen molar-refractivity contribution in [2.75, 3.05) is 7.11 Å². The molecule has 1 rings (SSSR count). The van der Waals surface area contributed by atoms with Crippen molar-refractivity contribution in [2.24, 2.45) is 0 Å². The quantitative estimate of drug-likeness (QED) is 0.686. The van der Waals surface area contributed by atoms with Gasteiger partial charge >= 0.3 is 0 Å². The molecule has 0 aromatic heterocycles. The average molecular weight is 185 g/mol. The van der Waals surface area contributed by atoms with E-state index >= 15 is 0 Å². The molecule has 0 saturated carbocycles. The summed E-state index contributed by atoms with van der Waals surface area (Å²) in [6.45, 7) is 4.07. The number of rotatable bonds is 2. The summed E-state index contributed by atoms with van der Waals surface area (Å²) >= 11 is 6.00. The van der Waals surface area contributed by atoms with Crippen molar-refractivity contribution in [2.45, 2.75) is 20.3 Å². The first-order valence-corrected chi connectivity index (χ1v) is 4.39. The standard InChI is InChI=1S/C10H13ClO/c1-4-8-6-10(12-3)7(2)5-9(8)11/h5-6H,4H2,1-3H3. The van der Waals surface area contributed by atoms with Crippen LogP contribution in [0, 0.1) is 6.92 Å². The Kier molecular flexibility index (Phi) is 2.99. The van der Waals surface area contributed by atoms with Gasteiger partial charge in [0.25, 0.3) is 0 Å². The van der Waals surface area contributed by atoms with Gasteiger partial charge in [0.15, 0.2) is 0 Å². The first-order chi connectivity index (χ1) is 5.69. The van der Waals surface area contributed by atoms with E-state index in [0.717, 1.165) is 28.3 Å². The topological polar surface area (TPSA) is 9.23 Å². The first kappa shape index (κ1) is 9.40. The lowest BCUT2D eigenvalue weighted by molar-refractivity contribution is 0.411. The highest BCUT2D eigenvalue weighted by atomic mass is 35.5. The first-order valence-electron chi connectivity index (χ1n) is 4.02. The summed E-state index contributed by atoms with van der Waals surface area (Å²) in [6.07, 6.45) is 0.940. The molecule has 0 bridgehead atoms. The van der Waals surface area contributed by atoms with Gasteiger partial charge in [0.1, 0.15) is 5.75 Å². The van der Waals surface area contributed by atoms with Gasteiger partial charge in [-0.3, -0.25) is 0 Å². The minimum absolute atomic E-state index is 0.829. The predicted molar refractivity (Wildman–Crippen MR) is 52.1 cm³/mol. The van der Waals surface area contributed by atoms with E-state index < -0.39 is 0 Å². The lowest BCUT2D eigenvalue weighted by atomic mass is 10.1. The van der Waals surface area contributed by atoms with Gasteiger partial charge in [0.05, 0.1) is 7.11 Å². The van der Waals surface area contributed by atoms with Crippen LogP contribution in [0.5, 0.6) is 5.75 Å². The highest BCUT2D eigenvalue weighted by molar-refractivity contribution is 6.31. The van der Waals surface area contributed by atoms with Crippen LogP contribution in [-0.4, -0.2) is 7.11 Å². The molecule has 0 heterocycles. The minimum atomic E-state index is 0.829. The van der Waals surface area contributed by atoms with Crippen LogP contribution in [0.3, 0.4) is 0 Å². The van der Waals surface area contributed by atoms with Gasteiger partial charge in [0, 0.05) is 5.02 Å². The fourth-order valence-electron chi connectivity index (χ4n) is 1.19. The van der Waals surface area contributed by atoms with Gasteiger partial charge in [-0.2, -0.15) is 0 Å². The van der Waals surface area contributed by atoms with E-state index in [1.165, 1.54) is 0 Å². The summed E-state index contributed by atoms with van der Waals surface area (Å²) < 4.78 is 5.18. The molecule has 2 heteroatoms. The van der Waals surface area contributed by atoms with Crippen molar-refractivity contribution >= 4 is 11.6 Å². The number of ether oxygens (including phenoxy) is 1. The Balaban J connectivity index is 3.18. The van der Waals surface area contributed by atoms with Crippen LogP contribution in [0.25, 0.3) is 0 Å². The van der Waals surface area contributed by atoms with Gasteiger partial charge in [-0.05, 0) is 36.6 Å². The third-order valence-electron chi connectivity index (χ3n) is 1.94. The minimum Gasteiger partial charge on any atom is -0.496 e. The summed E-state index contributed by atoms with van der Waals surface area (Å²) in [5.41, 5.74) is 2.22. The zero-order valence-corrected chi connectivity index (χ0v) is 8.40. The van der Waals surface area contributed by atoms with E-state index in [0.29, 0.717) is 0 Å². The second kappa shape index (κ2) is 3.81. The van der Waals surface area contributed by atoms with Gasteiger partial charge in [0.2, 0.25) is 0 Å². The Morgan fingerprint density at radius 2 is 2.08 bits per heavy atom. The van der Waals surface area contributed by atoms with Crippen LogP contribution in [0.4, 0.5) is 0 Å². The molecule has 0 aliphatic carbocycles. The maximum Gasteiger partial charge on any atom is 0.122 e. The smallest absolute Gasteiger partial charge is 0.122 e. The molecule has 12 heavy (non-hydrogen) atoms. The average Bonchev–Trinajstić information content (AvgIpc) is 2.05. The molecule has 1 aromatic carbocycles. The van der Waals surface area contributed by atoms with Crippen molar-refractivity contribution in [1.82, 2.24) is 0 Å². The normalized spacial score (nSPS) is 10.0. The molecule has 1 aromatic rings. The lowest BCUT2D eigenvalue weighted by Gasteiger charge is -2.08. The number of aryl methyl sites for hydroxylation is 2. The summed E-state index contributed by atoms with van der Waals surface area (Å²) in [5, 5.41) is 0.829. The van der Waals surface area contributed by atoms with E-state index in [1.807, 2.05) is 19.1 Å². The molecule has 0 aliphatic heterocycles. The predicted octanol–water partition coefficient (Wildman–Crippen LogP) is 3.22. The Morgan fingerprint density at radius 1 is 1.42 bits per heavy atom. The van der Waals surface area contributed by atoms with Crippen molar-refractivity contribution in [1.29, 1.82) is 0 Å². The molecular formula is C10H13ClO. The van der Waals surface area contributed by atoms with Crippen molar-refractivity contribution in [3.63, 3.8) is 0 Å². The van der Waals surface area contributed by atoms with Crippen LogP contribution < -0.4 is 4.74 Å². The zero-order valence-electron chi connectivity index (χ0n) is 7.65. The Morgan fingerprint density at radius 3 is 2.58 bits per heavy atom. The fraction of sp³-hybridized carbons (Fsp3) is 0.400. The summed E-state index contributed by atoms with van der Waals surface area (Å²) in [4.78, 5) is 0. The van der Waals surface area contributed by atoms with Crippen molar-refractivity contribution in [3.8, 4) is 5.75 Å². The van der Waals surface area contributed by atoms with E-state index in [-0.39, 0.29) is 0 Å². The third kappa shape index (κ3) is 1.72.